The summed E-state index contributed by atoms with van der Waals surface area (Å²) in [6, 6.07) is 24.2. The molecule has 0 radical (unpaired) electrons. The number of aromatic nitrogens is 1. The summed E-state index contributed by atoms with van der Waals surface area (Å²) in [4.78, 5) is 16.8. The summed E-state index contributed by atoms with van der Waals surface area (Å²) in [6.07, 6.45) is 2.06. The van der Waals surface area contributed by atoms with Crippen molar-refractivity contribution in [2.24, 2.45) is 0 Å². The number of nitrogens with one attached hydrogen (secondary N) is 1. The smallest absolute Gasteiger partial charge is 0.258 e. The van der Waals surface area contributed by atoms with Gasteiger partial charge in [-0.1, -0.05) is 48.5 Å². The molecular formula is C22H19N3O2. The molecule has 0 unspecified atom stereocenters. The first-order valence-electron chi connectivity index (χ1n) is 8.60. The Morgan fingerprint density at radius 1 is 1.04 bits per heavy atom. The second-order valence-electron chi connectivity index (χ2n) is 5.93. The van der Waals surface area contributed by atoms with Gasteiger partial charge in [-0.15, -0.1) is 0 Å². The minimum absolute atomic E-state index is 0.103. The molecule has 5 heteroatoms. The van der Waals surface area contributed by atoms with Crippen LogP contribution in [0.5, 0.6) is 5.75 Å². The molecule has 1 atom stereocenters. The van der Waals surface area contributed by atoms with Crippen LogP contribution in [0.1, 0.15) is 22.9 Å². The Balaban J connectivity index is 1.65. The van der Waals surface area contributed by atoms with Crippen molar-refractivity contribution in [3.63, 3.8) is 0 Å². The third kappa shape index (κ3) is 5.16. The van der Waals surface area contributed by atoms with Crippen molar-refractivity contribution in [3.8, 4) is 11.8 Å². The SMILES string of the molecule is N#CCc1ccc(OCC(=O)N[C@@H](c2ccccc2)c2ccccn2)cc1. The topological polar surface area (TPSA) is 75.0 Å². The number of hydrogen-bond acceptors (Lipinski definition) is 4. The van der Waals surface area contributed by atoms with E-state index in [2.05, 4.69) is 16.4 Å². The van der Waals surface area contributed by atoms with Crippen molar-refractivity contribution in [2.75, 3.05) is 6.61 Å². The zero-order valence-corrected chi connectivity index (χ0v) is 14.7. The molecule has 1 N–H and O–H groups in total. The number of carbonyl (C=O) groups excluding carboxylic acids is 1. The normalized spacial score (nSPS) is 11.2. The molecule has 1 heterocycles. The van der Waals surface area contributed by atoms with Gasteiger partial charge in [-0.2, -0.15) is 5.26 Å². The minimum Gasteiger partial charge on any atom is -0.484 e. The Bertz CT molecular complexity index is 864. The molecule has 0 aliphatic rings. The van der Waals surface area contributed by atoms with E-state index in [4.69, 9.17) is 10.00 Å². The number of carbonyl (C=O) groups is 1. The Morgan fingerprint density at radius 3 is 2.44 bits per heavy atom. The van der Waals surface area contributed by atoms with Crippen LogP contribution in [0.2, 0.25) is 0 Å². The summed E-state index contributed by atoms with van der Waals surface area (Å²) in [5.74, 6) is 0.344. The summed E-state index contributed by atoms with van der Waals surface area (Å²) in [5, 5.41) is 11.7. The molecule has 27 heavy (non-hydrogen) atoms. The van der Waals surface area contributed by atoms with Gasteiger partial charge in [0, 0.05) is 6.20 Å². The number of amides is 1. The van der Waals surface area contributed by atoms with Crippen molar-refractivity contribution in [3.05, 3.63) is 95.8 Å². The van der Waals surface area contributed by atoms with Crippen LogP contribution in [-0.4, -0.2) is 17.5 Å². The number of nitrogens with zero attached hydrogens (tertiary/aromatic N) is 2. The molecule has 0 bridgehead atoms. The van der Waals surface area contributed by atoms with E-state index in [0.717, 1.165) is 16.8 Å². The fourth-order valence-corrected chi connectivity index (χ4v) is 2.67. The standard InChI is InChI=1S/C22H19N3O2/c23-14-13-17-9-11-19(12-10-17)27-16-21(26)25-22(18-6-2-1-3-7-18)20-8-4-5-15-24-20/h1-12,15,22H,13,16H2,(H,25,26)/t22-/m0/s1. The average Bonchev–Trinajstić information content (AvgIpc) is 2.73. The molecule has 0 saturated carbocycles. The van der Waals surface area contributed by atoms with Gasteiger partial charge in [0.05, 0.1) is 24.2 Å². The highest BCUT2D eigenvalue weighted by Crippen LogP contribution is 2.20. The molecule has 0 fully saturated rings. The van der Waals surface area contributed by atoms with Gasteiger partial charge < -0.3 is 10.1 Å². The molecular weight excluding hydrogens is 338 g/mol. The summed E-state index contributed by atoms with van der Waals surface area (Å²) in [7, 11) is 0. The second kappa shape index (κ2) is 9.16. The number of nitriles is 1. The van der Waals surface area contributed by atoms with Crippen molar-refractivity contribution in [1.82, 2.24) is 10.3 Å². The Kier molecular flexibility index (Phi) is 6.16. The largest absolute Gasteiger partial charge is 0.484 e. The molecule has 0 spiro atoms. The van der Waals surface area contributed by atoms with Crippen LogP contribution in [-0.2, 0) is 11.2 Å². The zero-order chi connectivity index (χ0) is 18.9. The summed E-state index contributed by atoms with van der Waals surface area (Å²) >= 11 is 0. The Morgan fingerprint density at radius 2 is 1.78 bits per heavy atom. The highest BCUT2D eigenvalue weighted by Gasteiger charge is 2.18. The molecule has 3 aromatic rings. The van der Waals surface area contributed by atoms with Crippen LogP contribution in [0.4, 0.5) is 0 Å². The van der Waals surface area contributed by atoms with Crippen molar-refractivity contribution >= 4 is 5.91 Å². The molecule has 134 valence electrons. The van der Waals surface area contributed by atoms with Gasteiger partial charge in [-0.3, -0.25) is 9.78 Å². The fraction of sp³-hybridized carbons (Fsp3) is 0.136. The first-order valence-corrected chi connectivity index (χ1v) is 8.60. The van der Waals surface area contributed by atoms with E-state index in [1.165, 1.54) is 0 Å². The lowest BCUT2D eigenvalue weighted by Crippen LogP contribution is -2.33. The third-order valence-corrected chi connectivity index (χ3v) is 4.00. The molecule has 0 saturated heterocycles. The van der Waals surface area contributed by atoms with Crippen LogP contribution >= 0.6 is 0 Å². The number of pyridine rings is 1. The van der Waals surface area contributed by atoms with Crippen LogP contribution in [0.25, 0.3) is 0 Å². The molecule has 0 aliphatic heterocycles. The Labute approximate surface area is 158 Å². The first-order chi connectivity index (χ1) is 13.3. The van der Waals surface area contributed by atoms with E-state index in [0.29, 0.717) is 12.2 Å². The summed E-state index contributed by atoms with van der Waals surface area (Å²) in [6.45, 7) is -0.103. The maximum atomic E-state index is 12.4. The number of hydrogen-bond donors (Lipinski definition) is 1. The van der Waals surface area contributed by atoms with Gasteiger partial charge in [-0.25, -0.2) is 0 Å². The van der Waals surface area contributed by atoms with Crippen molar-refractivity contribution in [2.45, 2.75) is 12.5 Å². The molecule has 3 rings (SSSR count). The predicted octanol–water partition coefficient (Wildman–Crippen LogP) is 3.43. The molecule has 1 amide bonds. The van der Waals surface area contributed by atoms with E-state index >= 15 is 0 Å². The lowest BCUT2D eigenvalue weighted by atomic mass is 10.0. The Hall–Kier alpha value is -3.65. The van der Waals surface area contributed by atoms with Gasteiger partial charge in [0.1, 0.15) is 5.75 Å². The van der Waals surface area contributed by atoms with Crippen LogP contribution in [0.15, 0.2) is 79.0 Å². The maximum Gasteiger partial charge on any atom is 0.258 e. The highest BCUT2D eigenvalue weighted by atomic mass is 16.5. The number of rotatable bonds is 7. The summed E-state index contributed by atoms with van der Waals surface area (Å²) in [5.41, 5.74) is 2.62. The van der Waals surface area contributed by atoms with Gasteiger partial charge in [0.15, 0.2) is 6.61 Å². The van der Waals surface area contributed by atoms with Crippen LogP contribution < -0.4 is 10.1 Å². The monoisotopic (exact) mass is 357 g/mol. The van der Waals surface area contributed by atoms with Crippen LogP contribution in [0.3, 0.4) is 0 Å². The number of ether oxygens (including phenoxy) is 1. The average molecular weight is 357 g/mol. The van der Waals surface area contributed by atoms with E-state index in [9.17, 15) is 4.79 Å². The van der Waals surface area contributed by atoms with Gasteiger partial charge >= 0.3 is 0 Å². The maximum absolute atomic E-state index is 12.4. The first kappa shape index (κ1) is 18.2. The molecule has 2 aromatic carbocycles. The lowest BCUT2D eigenvalue weighted by molar-refractivity contribution is -0.123. The lowest BCUT2D eigenvalue weighted by Gasteiger charge is -2.19. The van der Waals surface area contributed by atoms with E-state index in [1.54, 1.807) is 18.3 Å². The molecule has 5 nitrogen and oxygen atoms in total. The van der Waals surface area contributed by atoms with Gasteiger partial charge in [0.25, 0.3) is 5.91 Å². The van der Waals surface area contributed by atoms with Gasteiger partial charge in [0.2, 0.25) is 0 Å². The quantitative estimate of drug-likeness (QED) is 0.703. The molecule has 0 aliphatic carbocycles. The highest BCUT2D eigenvalue weighted by molar-refractivity contribution is 5.78. The van der Waals surface area contributed by atoms with Crippen LogP contribution in [0, 0.1) is 11.3 Å². The zero-order valence-electron chi connectivity index (χ0n) is 14.7. The minimum atomic E-state index is -0.346. The third-order valence-electron chi connectivity index (χ3n) is 4.00. The van der Waals surface area contributed by atoms with Crippen molar-refractivity contribution in [1.29, 1.82) is 5.26 Å². The van der Waals surface area contributed by atoms with Gasteiger partial charge in [-0.05, 0) is 35.4 Å². The number of benzene rings is 2. The van der Waals surface area contributed by atoms with E-state index in [1.807, 2.05) is 60.7 Å². The van der Waals surface area contributed by atoms with E-state index in [-0.39, 0.29) is 18.6 Å². The molecule has 1 aromatic heterocycles. The van der Waals surface area contributed by atoms with Crippen molar-refractivity contribution < 1.29 is 9.53 Å². The summed E-state index contributed by atoms with van der Waals surface area (Å²) < 4.78 is 5.56. The second-order valence-corrected chi connectivity index (χ2v) is 5.93. The van der Waals surface area contributed by atoms with E-state index < -0.39 is 0 Å². The predicted molar refractivity (Wildman–Crippen MR) is 102 cm³/mol. The fourth-order valence-electron chi connectivity index (χ4n) is 2.67.